The fraction of sp³-hybridized carbons (Fsp3) is 0.750. The SMILES string of the molecule is COC1CCC(NCC(O)Cn2cc([N+](=O)[O-])cn2)C1. The third-order valence-corrected chi connectivity index (χ3v) is 3.59. The highest BCUT2D eigenvalue weighted by Crippen LogP contribution is 2.21. The van der Waals surface area contributed by atoms with Gasteiger partial charge in [-0.3, -0.25) is 14.8 Å². The maximum absolute atomic E-state index is 10.5. The number of aliphatic hydroxyl groups is 1. The van der Waals surface area contributed by atoms with Gasteiger partial charge in [0.1, 0.15) is 12.4 Å². The smallest absolute Gasteiger partial charge is 0.306 e. The number of rotatable bonds is 7. The van der Waals surface area contributed by atoms with Crippen molar-refractivity contribution in [3.8, 4) is 0 Å². The van der Waals surface area contributed by atoms with Crippen molar-refractivity contribution in [3.63, 3.8) is 0 Å². The van der Waals surface area contributed by atoms with Gasteiger partial charge >= 0.3 is 5.69 Å². The second-order valence-electron chi connectivity index (χ2n) is 5.11. The number of nitrogens with one attached hydrogen (secondary N) is 1. The third kappa shape index (κ3) is 3.99. The minimum atomic E-state index is -0.629. The number of methoxy groups -OCH3 is 1. The van der Waals surface area contributed by atoms with Crippen molar-refractivity contribution in [1.29, 1.82) is 0 Å². The highest BCUT2D eigenvalue weighted by Gasteiger charge is 2.24. The Morgan fingerprint density at radius 1 is 1.70 bits per heavy atom. The summed E-state index contributed by atoms with van der Waals surface area (Å²) in [6, 6.07) is 0.363. The standard InChI is InChI=1S/C12H20N4O4/c1-20-12-3-2-9(4-12)13-6-11(17)8-15-7-10(5-14-15)16(18)19/h5,7,9,11-13,17H,2-4,6,8H2,1H3. The average molecular weight is 284 g/mol. The van der Waals surface area contributed by atoms with E-state index >= 15 is 0 Å². The monoisotopic (exact) mass is 284 g/mol. The molecule has 3 atom stereocenters. The van der Waals surface area contributed by atoms with Crippen LogP contribution >= 0.6 is 0 Å². The molecule has 0 saturated heterocycles. The van der Waals surface area contributed by atoms with E-state index in [9.17, 15) is 15.2 Å². The molecule has 1 aromatic rings. The van der Waals surface area contributed by atoms with Crippen LogP contribution in [0.3, 0.4) is 0 Å². The number of hydrogen-bond donors (Lipinski definition) is 2. The second kappa shape index (κ2) is 6.78. The molecule has 0 aliphatic heterocycles. The van der Waals surface area contributed by atoms with Gasteiger partial charge < -0.3 is 15.2 Å². The van der Waals surface area contributed by atoms with Crippen molar-refractivity contribution in [2.45, 2.75) is 44.1 Å². The average Bonchev–Trinajstić information content (AvgIpc) is 3.04. The zero-order valence-electron chi connectivity index (χ0n) is 11.4. The van der Waals surface area contributed by atoms with Gasteiger partial charge in [-0.05, 0) is 19.3 Å². The molecule has 1 aromatic heterocycles. The van der Waals surface area contributed by atoms with Gasteiger partial charge in [-0.1, -0.05) is 0 Å². The molecule has 0 bridgehead atoms. The molecule has 0 amide bonds. The Morgan fingerprint density at radius 2 is 2.50 bits per heavy atom. The molecule has 1 fully saturated rings. The van der Waals surface area contributed by atoms with Crippen LogP contribution in [0.15, 0.2) is 12.4 Å². The molecule has 1 heterocycles. The summed E-state index contributed by atoms with van der Waals surface area (Å²) in [5, 5.41) is 27.6. The molecule has 1 aliphatic rings. The largest absolute Gasteiger partial charge is 0.390 e. The summed E-state index contributed by atoms with van der Waals surface area (Å²) in [5.74, 6) is 0. The zero-order chi connectivity index (χ0) is 14.5. The fourth-order valence-electron chi connectivity index (χ4n) is 2.47. The molecule has 0 radical (unpaired) electrons. The molecule has 0 aromatic carbocycles. The van der Waals surface area contributed by atoms with Gasteiger partial charge in [0.05, 0.1) is 23.7 Å². The molecule has 3 unspecified atom stereocenters. The summed E-state index contributed by atoms with van der Waals surface area (Å²) in [4.78, 5) is 10.0. The van der Waals surface area contributed by atoms with Crippen LogP contribution in [0.2, 0.25) is 0 Å². The fourth-order valence-corrected chi connectivity index (χ4v) is 2.47. The summed E-state index contributed by atoms with van der Waals surface area (Å²) in [6.07, 6.45) is 5.21. The Bertz CT molecular complexity index is 450. The predicted molar refractivity (Wildman–Crippen MR) is 71.3 cm³/mol. The van der Waals surface area contributed by atoms with E-state index < -0.39 is 11.0 Å². The quantitative estimate of drug-likeness (QED) is 0.552. The lowest BCUT2D eigenvalue weighted by Crippen LogP contribution is -2.36. The van der Waals surface area contributed by atoms with E-state index in [1.54, 1.807) is 7.11 Å². The van der Waals surface area contributed by atoms with Crippen LogP contribution in [0.5, 0.6) is 0 Å². The third-order valence-electron chi connectivity index (χ3n) is 3.59. The van der Waals surface area contributed by atoms with E-state index in [0.29, 0.717) is 18.7 Å². The van der Waals surface area contributed by atoms with Gasteiger partial charge in [-0.25, -0.2) is 0 Å². The molecular weight excluding hydrogens is 264 g/mol. The minimum absolute atomic E-state index is 0.0658. The van der Waals surface area contributed by atoms with Gasteiger partial charge in [0.2, 0.25) is 0 Å². The number of ether oxygens (including phenoxy) is 1. The van der Waals surface area contributed by atoms with Gasteiger partial charge in [-0.15, -0.1) is 0 Å². The topological polar surface area (TPSA) is 102 Å². The van der Waals surface area contributed by atoms with Gasteiger partial charge in [0.25, 0.3) is 0 Å². The van der Waals surface area contributed by atoms with Crippen molar-refractivity contribution >= 4 is 5.69 Å². The molecule has 0 spiro atoms. The second-order valence-corrected chi connectivity index (χ2v) is 5.11. The Hall–Kier alpha value is -1.51. The molecule has 2 rings (SSSR count). The number of aromatic nitrogens is 2. The summed E-state index contributed by atoms with van der Waals surface area (Å²) >= 11 is 0. The maximum atomic E-state index is 10.5. The maximum Gasteiger partial charge on any atom is 0.306 e. The predicted octanol–water partition coefficient (Wildman–Crippen LogP) is 0.309. The molecule has 1 aliphatic carbocycles. The van der Waals surface area contributed by atoms with E-state index in [-0.39, 0.29) is 12.2 Å². The molecule has 20 heavy (non-hydrogen) atoms. The number of hydrogen-bond acceptors (Lipinski definition) is 6. The molecule has 8 heteroatoms. The first-order chi connectivity index (χ1) is 9.58. The summed E-state index contributed by atoms with van der Waals surface area (Å²) < 4.78 is 6.67. The lowest BCUT2D eigenvalue weighted by Gasteiger charge is -2.16. The van der Waals surface area contributed by atoms with Crippen molar-refractivity contribution in [2.75, 3.05) is 13.7 Å². The molecule has 112 valence electrons. The lowest BCUT2D eigenvalue weighted by atomic mass is 10.2. The Labute approximate surface area is 116 Å². The van der Waals surface area contributed by atoms with E-state index in [2.05, 4.69) is 10.4 Å². The minimum Gasteiger partial charge on any atom is -0.390 e. The Kier molecular flexibility index (Phi) is 5.05. The van der Waals surface area contributed by atoms with Gasteiger partial charge in [0.15, 0.2) is 0 Å². The first-order valence-electron chi connectivity index (χ1n) is 6.69. The van der Waals surface area contributed by atoms with E-state index in [4.69, 9.17) is 4.74 Å². The van der Waals surface area contributed by atoms with Crippen molar-refractivity contribution < 1.29 is 14.8 Å². The molecule has 2 N–H and O–H groups in total. The van der Waals surface area contributed by atoms with E-state index in [1.165, 1.54) is 17.1 Å². The van der Waals surface area contributed by atoms with Crippen LogP contribution in [-0.2, 0) is 11.3 Å². The molecule has 8 nitrogen and oxygen atoms in total. The van der Waals surface area contributed by atoms with Crippen LogP contribution in [0.1, 0.15) is 19.3 Å². The van der Waals surface area contributed by atoms with Crippen LogP contribution < -0.4 is 5.32 Å². The van der Waals surface area contributed by atoms with Crippen LogP contribution in [-0.4, -0.2) is 51.7 Å². The summed E-state index contributed by atoms with van der Waals surface area (Å²) in [6.45, 7) is 0.677. The number of aliphatic hydroxyl groups excluding tert-OH is 1. The summed E-state index contributed by atoms with van der Waals surface area (Å²) in [5.41, 5.74) is -0.0658. The molecular formula is C12H20N4O4. The van der Waals surface area contributed by atoms with Crippen molar-refractivity contribution in [2.24, 2.45) is 0 Å². The van der Waals surface area contributed by atoms with Crippen molar-refractivity contribution in [1.82, 2.24) is 15.1 Å². The lowest BCUT2D eigenvalue weighted by molar-refractivity contribution is -0.385. The zero-order valence-corrected chi connectivity index (χ0v) is 11.4. The number of nitrogens with zero attached hydrogens (tertiary/aromatic N) is 3. The summed E-state index contributed by atoms with van der Waals surface area (Å²) in [7, 11) is 1.71. The van der Waals surface area contributed by atoms with Gasteiger partial charge in [0, 0.05) is 19.7 Å². The van der Waals surface area contributed by atoms with E-state index in [1.807, 2.05) is 0 Å². The van der Waals surface area contributed by atoms with Crippen LogP contribution in [0, 0.1) is 10.1 Å². The van der Waals surface area contributed by atoms with Crippen LogP contribution in [0.4, 0.5) is 5.69 Å². The highest BCUT2D eigenvalue weighted by atomic mass is 16.6. The number of nitro groups is 1. The Morgan fingerprint density at radius 3 is 3.10 bits per heavy atom. The Balaban J connectivity index is 1.72. The highest BCUT2D eigenvalue weighted by molar-refractivity contribution is 5.20. The first-order valence-corrected chi connectivity index (χ1v) is 6.69. The van der Waals surface area contributed by atoms with E-state index in [0.717, 1.165) is 19.3 Å². The molecule has 1 saturated carbocycles. The van der Waals surface area contributed by atoms with Crippen molar-refractivity contribution in [3.05, 3.63) is 22.5 Å². The first kappa shape index (κ1) is 14.9. The van der Waals surface area contributed by atoms with Gasteiger partial charge in [-0.2, -0.15) is 5.10 Å². The normalized spacial score (nSPS) is 23.9. The van der Waals surface area contributed by atoms with Crippen LogP contribution in [0.25, 0.3) is 0 Å².